The Morgan fingerprint density at radius 3 is 2.72 bits per heavy atom. The zero-order chi connectivity index (χ0) is 13.7. The van der Waals surface area contributed by atoms with E-state index in [2.05, 4.69) is 9.72 Å². The minimum absolute atomic E-state index is 0.0797. The van der Waals surface area contributed by atoms with E-state index in [1.807, 2.05) is 25.5 Å². The molecule has 18 heavy (non-hydrogen) atoms. The molecule has 0 spiro atoms. The van der Waals surface area contributed by atoms with Gasteiger partial charge in [0.2, 0.25) is 0 Å². The van der Waals surface area contributed by atoms with E-state index in [0.29, 0.717) is 5.56 Å². The van der Waals surface area contributed by atoms with E-state index in [4.69, 9.17) is 0 Å². The summed E-state index contributed by atoms with van der Waals surface area (Å²) in [6.07, 6.45) is 3.26. The van der Waals surface area contributed by atoms with Crippen molar-refractivity contribution in [3.05, 3.63) is 29.6 Å². The summed E-state index contributed by atoms with van der Waals surface area (Å²) in [5.74, 6) is -0.429. The molecule has 0 bridgehead atoms. The lowest BCUT2D eigenvalue weighted by Crippen LogP contribution is -2.02. The van der Waals surface area contributed by atoms with Crippen LogP contribution in [0.5, 0.6) is 0 Å². The molecule has 0 fully saturated rings. The van der Waals surface area contributed by atoms with Crippen molar-refractivity contribution in [2.75, 3.05) is 7.11 Å². The van der Waals surface area contributed by atoms with Crippen LogP contribution in [0.15, 0.2) is 18.5 Å². The molecule has 0 radical (unpaired) electrons. The van der Waals surface area contributed by atoms with Crippen LogP contribution in [0.2, 0.25) is 0 Å². The highest BCUT2D eigenvalue weighted by molar-refractivity contribution is 5.94. The van der Waals surface area contributed by atoms with Crippen molar-refractivity contribution < 1.29 is 14.6 Å². The summed E-state index contributed by atoms with van der Waals surface area (Å²) < 4.78 is 6.42. The number of aryl methyl sites for hydroxylation is 1. The number of hydrogen-bond acceptors (Lipinski definition) is 4. The maximum Gasteiger partial charge on any atom is 0.339 e. The molecule has 0 atom stereocenters. The Morgan fingerprint density at radius 1 is 1.50 bits per heavy atom. The highest BCUT2D eigenvalue weighted by Gasteiger charge is 2.11. The van der Waals surface area contributed by atoms with Crippen molar-refractivity contribution in [3.8, 4) is 0 Å². The molecule has 0 unspecified atom stereocenters. The number of esters is 1. The minimum atomic E-state index is -0.429. The van der Waals surface area contributed by atoms with Crippen LogP contribution in [0, 0.1) is 0 Å². The third kappa shape index (κ3) is 2.51. The summed E-state index contributed by atoms with van der Waals surface area (Å²) in [5.41, 5.74) is 1.86. The first kappa shape index (κ1) is 14.2. The normalized spacial score (nSPS) is 9.83. The molecule has 0 aliphatic rings. The smallest absolute Gasteiger partial charge is 0.339 e. The number of fused-ring (bicyclic) bond motifs is 1. The van der Waals surface area contributed by atoms with Gasteiger partial charge >= 0.3 is 5.97 Å². The summed E-state index contributed by atoms with van der Waals surface area (Å²) >= 11 is 0. The Hall–Kier alpha value is -1.88. The first-order valence-electron chi connectivity index (χ1n) is 5.80. The molecule has 2 aromatic heterocycles. The average molecular weight is 250 g/mol. The number of rotatable bonds is 2. The molecule has 5 nitrogen and oxygen atoms in total. The van der Waals surface area contributed by atoms with Crippen molar-refractivity contribution in [1.29, 1.82) is 0 Å². The Labute approximate surface area is 106 Å². The van der Waals surface area contributed by atoms with E-state index in [0.717, 1.165) is 16.6 Å². The fraction of sp³-hybridized carbons (Fsp3) is 0.385. The highest BCUT2D eigenvalue weighted by Crippen LogP contribution is 2.20. The summed E-state index contributed by atoms with van der Waals surface area (Å²) in [6, 6.07) is 1.68. The van der Waals surface area contributed by atoms with Gasteiger partial charge in [-0.15, -0.1) is 0 Å². The Balaban J connectivity index is 0.000000771. The van der Waals surface area contributed by atoms with E-state index < -0.39 is 5.97 Å². The number of carbonyl (C=O) groups is 1. The molecule has 0 aromatic carbocycles. The number of methoxy groups -OCH3 is 1. The van der Waals surface area contributed by atoms with Crippen LogP contribution in [0.3, 0.4) is 0 Å². The van der Waals surface area contributed by atoms with Crippen LogP contribution >= 0.6 is 0 Å². The molecule has 2 aromatic rings. The van der Waals surface area contributed by atoms with Crippen LogP contribution in [0.4, 0.5) is 0 Å². The molecule has 2 heterocycles. The van der Waals surface area contributed by atoms with Crippen LogP contribution in [0.1, 0.15) is 29.8 Å². The predicted molar refractivity (Wildman–Crippen MR) is 69.3 cm³/mol. The maximum atomic E-state index is 11.3. The van der Waals surface area contributed by atoms with Crippen molar-refractivity contribution in [2.24, 2.45) is 7.05 Å². The van der Waals surface area contributed by atoms with Crippen molar-refractivity contribution in [3.63, 3.8) is 0 Å². The van der Waals surface area contributed by atoms with Crippen molar-refractivity contribution in [1.82, 2.24) is 9.55 Å². The Morgan fingerprint density at radius 2 is 2.17 bits per heavy atom. The number of ether oxygens (including phenoxy) is 1. The van der Waals surface area contributed by atoms with E-state index in [9.17, 15) is 9.90 Å². The van der Waals surface area contributed by atoms with E-state index in [-0.39, 0.29) is 6.61 Å². The van der Waals surface area contributed by atoms with Gasteiger partial charge in [0.1, 0.15) is 5.65 Å². The van der Waals surface area contributed by atoms with Gasteiger partial charge in [0, 0.05) is 30.4 Å². The topological polar surface area (TPSA) is 64.3 Å². The lowest BCUT2D eigenvalue weighted by Gasteiger charge is -2.00. The van der Waals surface area contributed by atoms with Gasteiger partial charge in [-0.2, -0.15) is 0 Å². The van der Waals surface area contributed by atoms with E-state index in [1.165, 1.54) is 13.3 Å². The van der Waals surface area contributed by atoms with Gasteiger partial charge in [0.25, 0.3) is 0 Å². The number of pyridine rings is 1. The molecule has 2 rings (SSSR count). The van der Waals surface area contributed by atoms with Crippen LogP contribution in [-0.4, -0.2) is 27.7 Å². The average Bonchev–Trinajstić information content (AvgIpc) is 2.76. The van der Waals surface area contributed by atoms with Gasteiger partial charge < -0.3 is 14.4 Å². The first-order valence-corrected chi connectivity index (χ1v) is 5.80. The highest BCUT2D eigenvalue weighted by atomic mass is 16.5. The number of aromatic nitrogens is 2. The SMILES string of the molecule is CC.COC(=O)c1cnc2c(c1)c(CO)cn2C. The molecule has 0 aliphatic heterocycles. The summed E-state index contributed by atoms with van der Waals surface area (Å²) in [6.45, 7) is 3.92. The third-order valence-corrected chi connectivity index (χ3v) is 2.49. The van der Waals surface area contributed by atoms with Crippen molar-refractivity contribution >= 4 is 17.0 Å². The second-order valence-electron chi connectivity index (χ2n) is 3.51. The number of nitrogens with zero attached hydrogens (tertiary/aromatic N) is 2. The fourth-order valence-electron chi connectivity index (χ4n) is 1.69. The molecule has 1 N–H and O–H groups in total. The maximum absolute atomic E-state index is 11.3. The lowest BCUT2D eigenvalue weighted by molar-refractivity contribution is 0.0600. The third-order valence-electron chi connectivity index (χ3n) is 2.49. The van der Waals surface area contributed by atoms with Gasteiger partial charge in [-0.25, -0.2) is 9.78 Å². The first-order chi connectivity index (χ1) is 8.67. The number of aliphatic hydroxyl groups excluding tert-OH is 1. The Bertz CT molecular complexity index is 546. The lowest BCUT2D eigenvalue weighted by atomic mass is 10.2. The standard InChI is InChI=1S/C11H12N2O3.C2H6/c1-13-5-8(6-14)9-3-7(11(15)16-2)4-12-10(9)13;1-2/h3-5,14H,6H2,1-2H3;1-2H3. The van der Waals surface area contributed by atoms with Crippen molar-refractivity contribution in [2.45, 2.75) is 20.5 Å². The molecule has 0 aliphatic carbocycles. The molecule has 0 saturated carbocycles. The quantitative estimate of drug-likeness (QED) is 0.826. The number of aliphatic hydroxyl groups is 1. The van der Waals surface area contributed by atoms with Crippen LogP contribution in [-0.2, 0) is 18.4 Å². The zero-order valence-electron chi connectivity index (χ0n) is 11.1. The van der Waals surface area contributed by atoms with Gasteiger partial charge in [0.05, 0.1) is 19.3 Å². The predicted octanol–water partition coefficient (Wildman–Crippen LogP) is 1.88. The van der Waals surface area contributed by atoms with Gasteiger partial charge in [0.15, 0.2) is 0 Å². The second-order valence-corrected chi connectivity index (χ2v) is 3.51. The number of carbonyl (C=O) groups excluding carboxylic acids is 1. The monoisotopic (exact) mass is 250 g/mol. The largest absolute Gasteiger partial charge is 0.465 e. The molecule has 0 saturated heterocycles. The summed E-state index contributed by atoms with van der Waals surface area (Å²) in [4.78, 5) is 15.5. The molecular weight excluding hydrogens is 232 g/mol. The summed E-state index contributed by atoms with van der Waals surface area (Å²) in [5, 5.41) is 9.95. The summed E-state index contributed by atoms with van der Waals surface area (Å²) in [7, 11) is 3.16. The second kappa shape index (κ2) is 6.16. The van der Waals surface area contributed by atoms with Crippen LogP contribution < -0.4 is 0 Å². The minimum Gasteiger partial charge on any atom is -0.465 e. The molecule has 5 heteroatoms. The zero-order valence-corrected chi connectivity index (χ0v) is 11.1. The van der Waals surface area contributed by atoms with Gasteiger partial charge in [-0.05, 0) is 6.07 Å². The molecule has 98 valence electrons. The molecular formula is C13H18N2O3. The molecule has 0 amide bonds. The Kier molecular flexibility index (Phi) is 4.85. The van der Waals surface area contributed by atoms with Gasteiger partial charge in [-0.3, -0.25) is 0 Å². The van der Waals surface area contributed by atoms with Crippen LogP contribution in [0.25, 0.3) is 11.0 Å². The number of hydrogen-bond donors (Lipinski definition) is 1. The van der Waals surface area contributed by atoms with E-state index >= 15 is 0 Å². The fourth-order valence-corrected chi connectivity index (χ4v) is 1.69. The van der Waals surface area contributed by atoms with Gasteiger partial charge in [-0.1, -0.05) is 13.8 Å². The van der Waals surface area contributed by atoms with E-state index in [1.54, 1.807) is 12.3 Å².